The molecule has 0 aromatic heterocycles. The Morgan fingerprint density at radius 2 is 1.63 bits per heavy atom. The molecule has 3 unspecified atom stereocenters. The van der Waals surface area contributed by atoms with Crippen LogP contribution in [0.2, 0.25) is 0 Å². The Labute approximate surface area is 307 Å². The number of rotatable bonds is 21. The Kier molecular flexibility index (Phi) is 19.0. The van der Waals surface area contributed by atoms with Gasteiger partial charge in [0.1, 0.15) is 6.23 Å². The van der Waals surface area contributed by atoms with Crippen LogP contribution in [0.3, 0.4) is 0 Å². The number of aliphatic hydroxyl groups excluding tert-OH is 2. The molecule has 1 saturated heterocycles. The SMILES string of the molecule is CCC(C)[C@@H]([C@@H](CC(=O)N1CCCC[C@H]1C(OC)[C@@H](C)C(=O)NC[C@@H](O)c1ccccc1)OC)N(C)C(=O)[C@@H](NC(O)[C@@H](NC)C(C)C)C(C)C. The summed E-state index contributed by atoms with van der Waals surface area (Å²) >= 11 is 0. The highest BCUT2D eigenvalue weighted by Crippen LogP contribution is 2.29. The van der Waals surface area contributed by atoms with Crippen LogP contribution in [0.15, 0.2) is 30.3 Å². The second-order valence-corrected chi connectivity index (χ2v) is 15.0. The number of ether oxygens (including phenoxy) is 2. The molecule has 1 aliphatic rings. The number of carbonyl (C=O) groups excluding carboxylic acids is 3. The van der Waals surface area contributed by atoms with Gasteiger partial charge in [-0.2, -0.15) is 0 Å². The van der Waals surface area contributed by atoms with Crippen molar-refractivity contribution in [1.82, 2.24) is 25.8 Å². The van der Waals surface area contributed by atoms with E-state index < -0.39 is 42.5 Å². The highest BCUT2D eigenvalue weighted by atomic mass is 16.5. The van der Waals surface area contributed by atoms with Crippen molar-refractivity contribution in [2.24, 2.45) is 23.7 Å². The number of hydrogen-bond acceptors (Lipinski definition) is 9. The number of piperidine rings is 1. The smallest absolute Gasteiger partial charge is 0.240 e. The topological polar surface area (TPSA) is 153 Å². The number of likely N-dealkylation sites (tertiary alicyclic amines) is 1. The van der Waals surface area contributed by atoms with Crippen LogP contribution in [0.25, 0.3) is 0 Å². The Morgan fingerprint density at radius 1 is 0.980 bits per heavy atom. The summed E-state index contributed by atoms with van der Waals surface area (Å²) in [5.74, 6) is -1.09. The van der Waals surface area contributed by atoms with E-state index in [9.17, 15) is 24.6 Å². The van der Waals surface area contributed by atoms with Crippen molar-refractivity contribution in [1.29, 1.82) is 0 Å². The standard InChI is InChI=1S/C39H69N5O7/c1-12-26(6)35(43(9)39(49)34(25(4)5)42-38(48)33(40-8)24(2)3)31(50-10)22-32(46)44-21-17-16-20-29(44)36(51-11)27(7)37(47)41-23-30(45)28-18-14-13-15-19-28/h13-15,18-19,24-27,29-31,33-36,38,40,42,45,48H,12,16-17,20-23H2,1-11H3,(H,41,47)/t26?,27-,29+,30-,31-,33+,34+,35+,36?,38?/m1/s1. The Bertz CT molecular complexity index is 1190. The number of nitrogens with zero attached hydrogens (tertiary/aromatic N) is 2. The molecule has 1 aliphatic heterocycles. The first-order valence-corrected chi connectivity index (χ1v) is 18.9. The molecular weight excluding hydrogens is 650 g/mol. The van der Waals surface area contributed by atoms with Crippen molar-refractivity contribution in [3.8, 4) is 0 Å². The van der Waals surface area contributed by atoms with Gasteiger partial charge >= 0.3 is 0 Å². The summed E-state index contributed by atoms with van der Waals surface area (Å²) in [5.41, 5.74) is 0.718. The zero-order valence-corrected chi connectivity index (χ0v) is 33.1. The Balaban J connectivity index is 2.25. The van der Waals surface area contributed by atoms with E-state index in [0.717, 1.165) is 24.8 Å². The fraction of sp³-hybridized carbons (Fsp3) is 0.769. The molecular formula is C39H69N5O7. The van der Waals surface area contributed by atoms with Crippen LogP contribution >= 0.6 is 0 Å². The van der Waals surface area contributed by atoms with Crippen LogP contribution in [-0.4, -0.2) is 122 Å². The number of amides is 3. The second-order valence-electron chi connectivity index (χ2n) is 15.0. The highest BCUT2D eigenvalue weighted by Gasteiger charge is 2.42. The molecule has 0 bridgehead atoms. The summed E-state index contributed by atoms with van der Waals surface area (Å²) < 4.78 is 12.0. The van der Waals surface area contributed by atoms with E-state index in [1.54, 1.807) is 40.1 Å². The van der Waals surface area contributed by atoms with E-state index in [2.05, 4.69) is 29.8 Å². The van der Waals surface area contributed by atoms with Gasteiger partial charge in [-0.3, -0.25) is 19.7 Å². The van der Waals surface area contributed by atoms with Crippen molar-refractivity contribution in [2.75, 3.05) is 41.4 Å². The molecule has 2 rings (SSSR count). The molecule has 51 heavy (non-hydrogen) atoms. The molecule has 1 heterocycles. The van der Waals surface area contributed by atoms with Crippen molar-refractivity contribution in [3.05, 3.63) is 35.9 Å². The van der Waals surface area contributed by atoms with Crippen molar-refractivity contribution >= 4 is 17.7 Å². The maximum Gasteiger partial charge on any atom is 0.240 e. The monoisotopic (exact) mass is 720 g/mol. The number of aliphatic hydroxyl groups is 2. The molecule has 12 heteroatoms. The zero-order valence-electron chi connectivity index (χ0n) is 33.1. The van der Waals surface area contributed by atoms with Gasteiger partial charge in [-0.1, -0.05) is 85.2 Å². The largest absolute Gasteiger partial charge is 0.387 e. The van der Waals surface area contributed by atoms with E-state index >= 15 is 0 Å². The summed E-state index contributed by atoms with van der Waals surface area (Å²) in [4.78, 5) is 45.3. The first kappa shape index (κ1) is 44.6. The van der Waals surface area contributed by atoms with Crippen LogP contribution in [-0.2, 0) is 23.9 Å². The van der Waals surface area contributed by atoms with E-state index in [0.29, 0.717) is 13.0 Å². The molecule has 0 spiro atoms. The van der Waals surface area contributed by atoms with Gasteiger partial charge in [0.15, 0.2) is 0 Å². The van der Waals surface area contributed by atoms with Gasteiger partial charge in [0.05, 0.1) is 48.8 Å². The maximum absolute atomic E-state index is 14.2. The molecule has 0 saturated carbocycles. The van der Waals surface area contributed by atoms with E-state index in [-0.39, 0.29) is 60.5 Å². The third kappa shape index (κ3) is 12.2. The predicted molar refractivity (Wildman–Crippen MR) is 201 cm³/mol. The third-order valence-electron chi connectivity index (χ3n) is 10.8. The van der Waals surface area contributed by atoms with Gasteiger partial charge in [0.25, 0.3) is 0 Å². The highest BCUT2D eigenvalue weighted by molar-refractivity contribution is 5.83. The van der Waals surface area contributed by atoms with Gasteiger partial charge in [0, 0.05) is 40.4 Å². The summed E-state index contributed by atoms with van der Waals surface area (Å²) in [7, 11) is 6.70. The van der Waals surface area contributed by atoms with E-state index in [1.165, 1.54) is 0 Å². The first-order valence-electron chi connectivity index (χ1n) is 18.9. The molecule has 0 aliphatic carbocycles. The minimum Gasteiger partial charge on any atom is -0.387 e. The molecule has 12 nitrogen and oxygen atoms in total. The number of hydrogen-bond donors (Lipinski definition) is 5. The van der Waals surface area contributed by atoms with Gasteiger partial charge in [-0.25, -0.2) is 0 Å². The van der Waals surface area contributed by atoms with Crippen LogP contribution < -0.4 is 16.0 Å². The molecule has 1 aromatic rings. The first-order chi connectivity index (χ1) is 24.1. The number of nitrogens with one attached hydrogen (secondary N) is 3. The second kappa shape index (κ2) is 21.8. The lowest BCUT2D eigenvalue weighted by atomic mass is 9.87. The minimum absolute atomic E-state index is 0.00832. The van der Waals surface area contributed by atoms with Crippen LogP contribution in [0.1, 0.15) is 92.2 Å². The van der Waals surface area contributed by atoms with Crippen molar-refractivity contribution < 1.29 is 34.1 Å². The predicted octanol–water partition coefficient (Wildman–Crippen LogP) is 3.32. The van der Waals surface area contributed by atoms with Crippen LogP contribution in [0.4, 0.5) is 0 Å². The molecule has 0 radical (unpaired) electrons. The van der Waals surface area contributed by atoms with Gasteiger partial charge in [-0.05, 0) is 49.6 Å². The molecule has 10 atom stereocenters. The average Bonchev–Trinajstić information content (AvgIpc) is 3.12. The average molecular weight is 720 g/mol. The van der Waals surface area contributed by atoms with Gasteiger partial charge in [0.2, 0.25) is 17.7 Å². The summed E-state index contributed by atoms with van der Waals surface area (Å²) in [6.07, 6.45) is 0.302. The molecule has 1 fully saturated rings. The number of methoxy groups -OCH3 is 2. The Morgan fingerprint density at radius 3 is 2.16 bits per heavy atom. The summed E-state index contributed by atoms with van der Waals surface area (Å²) in [6.45, 7) is 14.4. The number of carbonyl (C=O) groups is 3. The molecule has 5 N–H and O–H groups in total. The molecule has 3 amide bonds. The third-order valence-corrected chi connectivity index (χ3v) is 10.8. The minimum atomic E-state index is -0.940. The molecule has 292 valence electrons. The van der Waals surface area contributed by atoms with Crippen molar-refractivity contribution in [3.63, 3.8) is 0 Å². The number of benzene rings is 1. The van der Waals surface area contributed by atoms with Gasteiger partial charge in [-0.15, -0.1) is 0 Å². The summed E-state index contributed by atoms with van der Waals surface area (Å²) in [5, 5.41) is 30.8. The van der Waals surface area contributed by atoms with Crippen LogP contribution in [0.5, 0.6) is 0 Å². The normalized spacial score (nSPS) is 20.5. The summed E-state index contributed by atoms with van der Waals surface area (Å²) in [6, 6.07) is 7.53. The zero-order chi connectivity index (χ0) is 38.4. The van der Waals surface area contributed by atoms with E-state index in [1.807, 2.05) is 62.9 Å². The lowest BCUT2D eigenvalue weighted by Gasteiger charge is -2.43. The fourth-order valence-corrected chi connectivity index (χ4v) is 7.53. The quantitative estimate of drug-likeness (QED) is 0.121. The lowest BCUT2D eigenvalue weighted by Crippen LogP contribution is -2.61. The number of likely N-dealkylation sites (N-methyl/N-ethyl adjacent to an activating group) is 2. The molecule has 1 aromatic carbocycles. The fourth-order valence-electron chi connectivity index (χ4n) is 7.53. The Hall–Kier alpha value is -2.61. The van der Waals surface area contributed by atoms with Gasteiger partial charge < -0.3 is 40.1 Å². The lowest BCUT2D eigenvalue weighted by molar-refractivity contribution is -0.150. The van der Waals surface area contributed by atoms with Crippen LogP contribution in [0, 0.1) is 23.7 Å². The van der Waals surface area contributed by atoms with Crippen molar-refractivity contribution in [2.45, 2.75) is 129 Å². The maximum atomic E-state index is 14.2. The van der Waals surface area contributed by atoms with E-state index in [4.69, 9.17) is 9.47 Å².